The molecule has 2 aliphatic heterocycles. The molecule has 3 aromatic carbocycles. The topological polar surface area (TPSA) is 128 Å². The zero-order valence-corrected chi connectivity index (χ0v) is 23.5. The first-order valence-corrected chi connectivity index (χ1v) is 13.8. The fourth-order valence-electron chi connectivity index (χ4n) is 5.14. The Morgan fingerprint density at radius 2 is 1.65 bits per heavy atom. The molecular weight excluding hydrogens is 557 g/mol. The number of methoxy groups -OCH3 is 1. The van der Waals surface area contributed by atoms with Crippen molar-refractivity contribution in [3.05, 3.63) is 89.8 Å². The highest BCUT2D eigenvalue weighted by molar-refractivity contribution is 6.10. The lowest BCUT2D eigenvalue weighted by Gasteiger charge is -2.33. The number of carbonyl (C=O) groups is 4. The number of likely N-dealkylation sites (tertiary alicyclic amines) is 1. The molecule has 2 N–H and O–H groups in total. The summed E-state index contributed by atoms with van der Waals surface area (Å²) >= 11 is 0. The Bertz CT molecular complexity index is 1580. The van der Waals surface area contributed by atoms with Gasteiger partial charge in [-0.25, -0.2) is 14.0 Å². The van der Waals surface area contributed by atoms with E-state index in [0.29, 0.717) is 49.5 Å². The number of anilines is 2. The Morgan fingerprint density at radius 3 is 2.33 bits per heavy atom. The minimum absolute atomic E-state index is 0.00206. The van der Waals surface area contributed by atoms with Gasteiger partial charge in [-0.2, -0.15) is 0 Å². The Labute approximate surface area is 247 Å². The number of piperidine rings is 1. The van der Waals surface area contributed by atoms with E-state index in [1.165, 1.54) is 48.4 Å². The molecule has 1 fully saturated rings. The van der Waals surface area contributed by atoms with E-state index in [2.05, 4.69) is 4.90 Å². The summed E-state index contributed by atoms with van der Waals surface area (Å²) in [6.45, 7) is 1.99. The van der Waals surface area contributed by atoms with Crippen molar-refractivity contribution in [3.63, 3.8) is 0 Å². The predicted octanol–water partition coefficient (Wildman–Crippen LogP) is 4.04. The third-order valence-electron chi connectivity index (χ3n) is 7.47. The van der Waals surface area contributed by atoms with Crippen LogP contribution in [0, 0.1) is 11.7 Å². The standard InChI is InChI=1S/C32H30FN3O7/c1-41-24-4-2-3-23(19-24)36(18-17-35-15-13-21(14-16-35)29(39)20-5-7-22(33)8-6-20)32(40)25-9-10-26(34)31-30(25)42-27(37)11-12-28(38)43-31/h2-12,19,21H,13-18,34H2,1H3/b12-11+. The maximum Gasteiger partial charge on any atom is 0.336 e. The van der Waals surface area contributed by atoms with E-state index < -0.39 is 17.8 Å². The summed E-state index contributed by atoms with van der Waals surface area (Å²) in [5.74, 6) is -2.69. The van der Waals surface area contributed by atoms with Crippen molar-refractivity contribution in [1.82, 2.24) is 4.90 Å². The van der Waals surface area contributed by atoms with Gasteiger partial charge in [0.05, 0.1) is 18.4 Å². The van der Waals surface area contributed by atoms with Crippen molar-refractivity contribution in [1.29, 1.82) is 0 Å². The summed E-state index contributed by atoms with van der Waals surface area (Å²) in [6, 6.07) is 15.4. The Kier molecular flexibility index (Phi) is 8.82. The third-order valence-corrected chi connectivity index (χ3v) is 7.47. The molecule has 3 aromatic rings. The van der Waals surface area contributed by atoms with E-state index in [1.54, 1.807) is 24.3 Å². The van der Waals surface area contributed by atoms with Gasteiger partial charge in [0, 0.05) is 48.5 Å². The largest absolute Gasteiger partial charge is 0.497 e. The Morgan fingerprint density at radius 1 is 0.977 bits per heavy atom. The number of nitrogens with zero attached hydrogens (tertiary/aromatic N) is 2. The van der Waals surface area contributed by atoms with Crippen LogP contribution in [-0.4, -0.2) is 61.8 Å². The molecule has 43 heavy (non-hydrogen) atoms. The van der Waals surface area contributed by atoms with Gasteiger partial charge in [-0.3, -0.25) is 9.59 Å². The minimum Gasteiger partial charge on any atom is -0.497 e. The molecule has 1 amide bonds. The number of hydrogen-bond acceptors (Lipinski definition) is 9. The highest BCUT2D eigenvalue weighted by Crippen LogP contribution is 2.39. The van der Waals surface area contributed by atoms with Gasteiger partial charge in [0.2, 0.25) is 0 Å². The first-order valence-electron chi connectivity index (χ1n) is 13.8. The zero-order chi connectivity index (χ0) is 30.5. The molecule has 0 radical (unpaired) electrons. The number of Topliss-reactive ketones (excluding diaryl/α,β-unsaturated/α-hetero) is 1. The number of nitrogens with two attached hydrogens (primary N) is 1. The molecule has 0 aromatic heterocycles. The van der Waals surface area contributed by atoms with Crippen molar-refractivity contribution < 1.29 is 37.8 Å². The van der Waals surface area contributed by atoms with Gasteiger partial charge in [0.25, 0.3) is 5.91 Å². The van der Waals surface area contributed by atoms with Crippen molar-refractivity contribution in [2.45, 2.75) is 12.8 Å². The summed E-state index contributed by atoms with van der Waals surface area (Å²) in [7, 11) is 1.52. The average molecular weight is 588 g/mol. The molecule has 0 spiro atoms. The van der Waals surface area contributed by atoms with Crippen LogP contribution in [-0.2, 0) is 9.59 Å². The van der Waals surface area contributed by atoms with Crippen molar-refractivity contribution in [2.75, 3.05) is 43.9 Å². The van der Waals surface area contributed by atoms with Crippen LogP contribution in [0.1, 0.15) is 33.6 Å². The number of ketones is 1. The van der Waals surface area contributed by atoms with E-state index in [1.807, 2.05) is 0 Å². The van der Waals surface area contributed by atoms with E-state index in [-0.39, 0.29) is 46.8 Å². The number of rotatable bonds is 8. The highest BCUT2D eigenvalue weighted by Gasteiger charge is 2.30. The number of ether oxygens (including phenoxy) is 3. The maximum absolute atomic E-state index is 14.1. The summed E-state index contributed by atoms with van der Waals surface area (Å²) < 4.78 is 29.3. The number of benzene rings is 3. The minimum atomic E-state index is -0.858. The molecule has 1 saturated heterocycles. The van der Waals surface area contributed by atoms with E-state index in [4.69, 9.17) is 19.9 Å². The SMILES string of the molecule is COc1cccc(N(CCN2CCC(C(=O)c3ccc(F)cc3)CC2)C(=O)c2ccc(N)c3c2OC(=O)/C=C/C(=O)O3)c1. The Balaban J connectivity index is 1.36. The van der Waals surface area contributed by atoms with E-state index in [0.717, 1.165) is 12.2 Å². The van der Waals surface area contributed by atoms with Gasteiger partial charge < -0.3 is 29.7 Å². The molecule has 222 valence electrons. The van der Waals surface area contributed by atoms with Crippen molar-refractivity contribution in [3.8, 4) is 17.2 Å². The van der Waals surface area contributed by atoms with Crippen LogP contribution >= 0.6 is 0 Å². The molecule has 0 atom stereocenters. The molecule has 0 aliphatic carbocycles. The smallest absolute Gasteiger partial charge is 0.336 e. The quantitative estimate of drug-likeness (QED) is 0.180. The summed E-state index contributed by atoms with van der Waals surface area (Å²) in [4.78, 5) is 55.2. The van der Waals surface area contributed by atoms with Gasteiger partial charge in [0.15, 0.2) is 17.3 Å². The highest BCUT2D eigenvalue weighted by atomic mass is 19.1. The monoisotopic (exact) mass is 587 g/mol. The summed E-state index contributed by atoms with van der Waals surface area (Å²) in [5, 5.41) is 0. The zero-order valence-electron chi connectivity index (χ0n) is 23.5. The number of esters is 2. The van der Waals surface area contributed by atoms with Crippen LogP contribution in [0.2, 0.25) is 0 Å². The molecule has 0 saturated carbocycles. The first kappa shape index (κ1) is 29.5. The van der Waals surface area contributed by atoms with Crippen molar-refractivity contribution in [2.24, 2.45) is 5.92 Å². The number of nitrogen functional groups attached to an aromatic ring is 1. The lowest BCUT2D eigenvalue weighted by atomic mass is 9.89. The fraction of sp³-hybridized carbons (Fsp3) is 0.250. The second-order valence-corrected chi connectivity index (χ2v) is 10.2. The summed E-state index contributed by atoms with van der Waals surface area (Å²) in [5.41, 5.74) is 7.04. The van der Waals surface area contributed by atoms with Crippen LogP contribution in [0.15, 0.2) is 72.8 Å². The van der Waals surface area contributed by atoms with Crippen LogP contribution in [0.5, 0.6) is 17.2 Å². The number of fused-ring (bicyclic) bond motifs is 1. The van der Waals surface area contributed by atoms with Crippen LogP contribution in [0.3, 0.4) is 0 Å². The number of amides is 1. The number of hydrogen-bond donors (Lipinski definition) is 1. The maximum atomic E-state index is 14.1. The lowest BCUT2D eigenvalue weighted by Crippen LogP contribution is -2.43. The predicted molar refractivity (Wildman–Crippen MR) is 156 cm³/mol. The van der Waals surface area contributed by atoms with Gasteiger partial charge in [-0.05, 0) is 74.5 Å². The average Bonchev–Trinajstić information content (AvgIpc) is 3.01. The van der Waals surface area contributed by atoms with Gasteiger partial charge in [-0.1, -0.05) is 6.07 Å². The van der Waals surface area contributed by atoms with Crippen LogP contribution in [0.4, 0.5) is 15.8 Å². The van der Waals surface area contributed by atoms with Gasteiger partial charge in [0.1, 0.15) is 11.6 Å². The number of carbonyl (C=O) groups excluding carboxylic acids is 4. The molecule has 2 aliphatic rings. The van der Waals surface area contributed by atoms with Gasteiger partial charge in [-0.15, -0.1) is 0 Å². The second kappa shape index (κ2) is 12.9. The first-order chi connectivity index (χ1) is 20.7. The molecule has 11 heteroatoms. The second-order valence-electron chi connectivity index (χ2n) is 10.2. The molecule has 2 heterocycles. The van der Waals surface area contributed by atoms with Crippen molar-refractivity contribution >= 4 is 35.0 Å². The molecule has 0 unspecified atom stereocenters. The molecule has 5 rings (SSSR count). The van der Waals surface area contributed by atoms with Crippen LogP contribution in [0.25, 0.3) is 0 Å². The number of halogens is 1. The van der Waals surface area contributed by atoms with E-state index >= 15 is 0 Å². The fourth-order valence-corrected chi connectivity index (χ4v) is 5.14. The molecule has 0 bridgehead atoms. The normalized spacial score (nSPS) is 16.2. The van der Waals surface area contributed by atoms with Crippen LogP contribution < -0.4 is 24.8 Å². The summed E-state index contributed by atoms with van der Waals surface area (Å²) in [6.07, 6.45) is 3.08. The third kappa shape index (κ3) is 6.73. The van der Waals surface area contributed by atoms with Gasteiger partial charge >= 0.3 is 11.9 Å². The molecule has 10 nitrogen and oxygen atoms in total. The lowest BCUT2D eigenvalue weighted by molar-refractivity contribution is -0.133. The Hall–Kier alpha value is -5.03. The molecular formula is C32H30FN3O7. The van der Waals surface area contributed by atoms with E-state index in [9.17, 15) is 23.6 Å².